The molecule has 4 nitrogen and oxygen atoms in total. The molecule has 0 unspecified atom stereocenters. The lowest BCUT2D eigenvalue weighted by Crippen LogP contribution is -1.98. The highest BCUT2D eigenvalue weighted by Crippen LogP contribution is 2.30. The van der Waals surface area contributed by atoms with Crippen LogP contribution in [0, 0.1) is 0 Å². The molecule has 0 aliphatic rings. The van der Waals surface area contributed by atoms with Crippen LogP contribution in [0.15, 0.2) is 28.7 Å². The number of H-pyrrole nitrogens is 1. The second-order valence-corrected chi connectivity index (χ2v) is 5.83. The van der Waals surface area contributed by atoms with E-state index in [9.17, 15) is 4.79 Å². The molecule has 20 heavy (non-hydrogen) atoms. The summed E-state index contributed by atoms with van der Waals surface area (Å²) in [6, 6.07) is 8.27. The Hall–Kier alpha value is -1.62. The van der Waals surface area contributed by atoms with Crippen LogP contribution in [0.25, 0.3) is 11.3 Å². The van der Waals surface area contributed by atoms with Gasteiger partial charge in [0.05, 0.1) is 16.6 Å². The van der Waals surface area contributed by atoms with Crippen molar-refractivity contribution in [2.24, 2.45) is 0 Å². The standard InChI is InChI=1S/C15H17BrN2O2/c1-9(2)10-3-5-11(6-4-10)15-14(16)12(17-18-15)7-8-13(19)20/h3-6,9H,7-8H2,1-2H3,(H,17,18)(H,19,20). The molecule has 1 heterocycles. The molecule has 1 aromatic carbocycles. The summed E-state index contributed by atoms with van der Waals surface area (Å²) in [5.41, 5.74) is 3.93. The first kappa shape index (κ1) is 14.8. The van der Waals surface area contributed by atoms with Crippen molar-refractivity contribution >= 4 is 21.9 Å². The number of aromatic amines is 1. The summed E-state index contributed by atoms with van der Waals surface area (Å²) in [7, 11) is 0. The fourth-order valence-corrected chi connectivity index (χ4v) is 2.58. The highest BCUT2D eigenvalue weighted by Gasteiger charge is 2.13. The van der Waals surface area contributed by atoms with E-state index in [4.69, 9.17) is 5.11 Å². The average Bonchev–Trinajstić information content (AvgIpc) is 2.78. The van der Waals surface area contributed by atoms with Crippen molar-refractivity contribution in [2.45, 2.75) is 32.6 Å². The van der Waals surface area contributed by atoms with Gasteiger partial charge in [-0.25, -0.2) is 0 Å². The van der Waals surface area contributed by atoms with Gasteiger partial charge in [-0.2, -0.15) is 5.10 Å². The maximum atomic E-state index is 10.6. The molecule has 2 N–H and O–H groups in total. The van der Waals surface area contributed by atoms with E-state index in [0.29, 0.717) is 12.3 Å². The number of rotatable bonds is 5. The third kappa shape index (κ3) is 3.28. The third-order valence-corrected chi connectivity index (χ3v) is 4.07. The molecule has 0 aliphatic carbocycles. The second-order valence-electron chi connectivity index (χ2n) is 5.04. The van der Waals surface area contributed by atoms with Crippen molar-refractivity contribution in [1.82, 2.24) is 10.2 Å². The highest BCUT2D eigenvalue weighted by atomic mass is 79.9. The van der Waals surface area contributed by atoms with Gasteiger partial charge in [-0.15, -0.1) is 0 Å². The number of aromatic nitrogens is 2. The minimum atomic E-state index is -0.811. The quantitative estimate of drug-likeness (QED) is 0.867. The lowest BCUT2D eigenvalue weighted by atomic mass is 10.0. The topological polar surface area (TPSA) is 66.0 Å². The van der Waals surface area contributed by atoms with Crippen molar-refractivity contribution in [3.63, 3.8) is 0 Å². The first-order valence-electron chi connectivity index (χ1n) is 6.54. The molecule has 2 aromatic rings. The highest BCUT2D eigenvalue weighted by molar-refractivity contribution is 9.10. The van der Waals surface area contributed by atoms with Crippen LogP contribution in [-0.4, -0.2) is 21.3 Å². The van der Waals surface area contributed by atoms with E-state index in [1.54, 1.807) is 0 Å². The van der Waals surface area contributed by atoms with Gasteiger partial charge in [-0.05, 0) is 27.4 Å². The molecular weight excluding hydrogens is 320 g/mol. The van der Waals surface area contributed by atoms with E-state index in [2.05, 4.69) is 52.1 Å². The minimum Gasteiger partial charge on any atom is -0.481 e. The van der Waals surface area contributed by atoms with Gasteiger partial charge in [0.2, 0.25) is 0 Å². The largest absolute Gasteiger partial charge is 0.481 e. The fourth-order valence-electron chi connectivity index (χ4n) is 1.98. The summed E-state index contributed by atoms with van der Waals surface area (Å²) in [5, 5.41) is 15.9. The van der Waals surface area contributed by atoms with Gasteiger partial charge in [-0.3, -0.25) is 9.89 Å². The van der Waals surface area contributed by atoms with Crippen molar-refractivity contribution < 1.29 is 9.90 Å². The van der Waals surface area contributed by atoms with Crippen LogP contribution in [0.5, 0.6) is 0 Å². The Morgan fingerprint density at radius 3 is 2.55 bits per heavy atom. The summed E-state index contributed by atoms with van der Waals surface area (Å²) >= 11 is 3.50. The first-order valence-corrected chi connectivity index (χ1v) is 7.33. The zero-order valence-electron chi connectivity index (χ0n) is 11.5. The van der Waals surface area contributed by atoms with Crippen LogP contribution in [0.3, 0.4) is 0 Å². The van der Waals surface area contributed by atoms with Crippen LogP contribution >= 0.6 is 15.9 Å². The zero-order valence-corrected chi connectivity index (χ0v) is 13.1. The van der Waals surface area contributed by atoms with E-state index in [0.717, 1.165) is 21.4 Å². The Labute approximate surface area is 126 Å². The number of hydrogen-bond acceptors (Lipinski definition) is 2. The first-order chi connectivity index (χ1) is 9.49. The van der Waals surface area contributed by atoms with Crippen LogP contribution in [0.2, 0.25) is 0 Å². The molecule has 2 rings (SSSR count). The van der Waals surface area contributed by atoms with Crippen molar-refractivity contribution in [3.8, 4) is 11.3 Å². The van der Waals surface area contributed by atoms with Crippen molar-refractivity contribution in [2.75, 3.05) is 0 Å². The number of nitrogens with zero attached hydrogens (tertiary/aromatic N) is 1. The molecule has 0 bridgehead atoms. The SMILES string of the molecule is CC(C)c1ccc(-c2n[nH]c(CCC(=O)O)c2Br)cc1. The minimum absolute atomic E-state index is 0.0898. The predicted molar refractivity (Wildman–Crippen MR) is 81.8 cm³/mol. The number of carboxylic acids is 1. The summed E-state index contributed by atoms with van der Waals surface area (Å²) in [4.78, 5) is 10.6. The van der Waals surface area contributed by atoms with Gasteiger partial charge in [0.15, 0.2) is 0 Å². The van der Waals surface area contributed by atoms with E-state index in [-0.39, 0.29) is 6.42 Å². The lowest BCUT2D eigenvalue weighted by molar-refractivity contribution is -0.136. The van der Waals surface area contributed by atoms with E-state index < -0.39 is 5.97 Å². The predicted octanol–water partition coefficient (Wildman–Crippen LogP) is 3.98. The molecule has 0 spiro atoms. The Morgan fingerprint density at radius 1 is 1.35 bits per heavy atom. The normalized spacial score (nSPS) is 11.0. The van der Waals surface area contributed by atoms with Crippen molar-refractivity contribution in [3.05, 3.63) is 40.0 Å². The summed E-state index contributed by atoms with van der Waals surface area (Å²) in [6.07, 6.45) is 0.527. The lowest BCUT2D eigenvalue weighted by Gasteiger charge is -2.05. The number of aryl methyl sites for hydroxylation is 1. The van der Waals surface area contributed by atoms with Gasteiger partial charge in [0.25, 0.3) is 0 Å². The van der Waals surface area contributed by atoms with Crippen molar-refractivity contribution in [1.29, 1.82) is 0 Å². The summed E-state index contributed by atoms with van der Waals surface area (Å²) in [5.74, 6) is -0.313. The maximum absolute atomic E-state index is 10.6. The summed E-state index contributed by atoms with van der Waals surface area (Å²) in [6.45, 7) is 4.31. The molecule has 5 heteroatoms. The number of benzene rings is 1. The Balaban J connectivity index is 2.22. The maximum Gasteiger partial charge on any atom is 0.303 e. The molecule has 0 aliphatic heterocycles. The smallest absolute Gasteiger partial charge is 0.303 e. The number of aliphatic carboxylic acids is 1. The van der Waals surface area contributed by atoms with Gasteiger partial charge >= 0.3 is 5.97 Å². The zero-order chi connectivity index (χ0) is 14.7. The number of hydrogen-bond donors (Lipinski definition) is 2. The molecule has 0 radical (unpaired) electrons. The molecule has 1 aromatic heterocycles. The molecule has 0 amide bonds. The molecule has 106 valence electrons. The molecular formula is C15H17BrN2O2. The monoisotopic (exact) mass is 336 g/mol. The Morgan fingerprint density at radius 2 is 2.00 bits per heavy atom. The fraction of sp³-hybridized carbons (Fsp3) is 0.333. The van der Waals surface area contributed by atoms with Crippen LogP contribution in [-0.2, 0) is 11.2 Å². The number of halogens is 1. The number of carboxylic acid groups (broad SMARTS) is 1. The molecule has 0 atom stereocenters. The average molecular weight is 337 g/mol. The number of nitrogens with one attached hydrogen (secondary N) is 1. The molecule has 0 saturated carbocycles. The molecule has 0 saturated heterocycles. The third-order valence-electron chi connectivity index (χ3n) is 3.22. The van der Waals surface area contributed by atoms with Crippen LogP contribution in [0.1, 0.15) is 37.4 Å². The van der Waals surface area contributed by atoms with Gasteiger partial charge < -0.3 is 5.11 Å². The summed E-state index contributed by atoms with van der Waals surface area (Å²) < 4.78 is 0.844. The van der Waals surface area contributed by atoms with Gasteiger partial charge in [-0.1, -0.05) is 38.1 Å². The van der Waals surface area contributed by atoms with E-state index in [1.165, 1.54) is 5.56 Å². The Bertz CT molecular complexity index is 603. The van der Waals surface area contributed by atoms with E-state index >= 15 is 0 Å². The van der Waals surface area contributed by atoms with Crippen LogP contribution in [0.4, 0.5) is 0 Å². The number of carbonyl (C=O) groups is 1. The van der Waals surface area contributed by atoms with Gasteiger partial charge in [0.1, 0.15) is 5.69 Å². The Kier molecular flexibility index (Phi) is 4.60. The second kappa shape index (κ2) is 6.22. The van der Waals surface area contributed by atoms with Gasteiger partial charge in [0, 0.05) is 12.0 Å². The van der Waals surface area contributed by atoms with E-state index in [1.807, 2.05) is 12.1 Å². The van der Waals surface area contributed by atoms with Crippen LogP contribution < -0.4 is 0 Å². The molecule has 0 fully saturated rings.